The first-order valence-corrected chi connectivity index (χ1v) is 2.96. The average molecular weight is 161 g/mol. The van der Waals surface area contributed by atoms with Gasteiger partial charge in [0.05, 0.1) is 7.11 Å². The van der Waals surface area contributed by atoms with Crippen LogP contribution in [0.1, 0.15) is 8.35 Å². The summed E-state index contributed by atoms with van der Waals surface area (Å²) in [5, 5.41) is 0. The summed E-state index contributed by atoms with van der Waals surface area (Å²) in [4.78, 5) is 9.93. The topological polar surface area (TPSA) is 52.6 Å². The second kappa shape index (κ2) is 6.65. The van der Waals surface area contributed by atoms with Crippen LogP contribution in [0, 0.1) is 0 Å². The van der Waals surface area contributed by atoms with Crippen LogP contribution >= 0.6 is 8.25 Å². The van der Waals surface area contributed by atoms with Gasteiger partial charge in [-0.2, -0.15) is 4.52 Å². The molecule has 0 radical (unpaired) electrons. The molecule has 0 N–H and O–H groups in total. The molecule has 0 rings (SSSR count). The molecule has 0 aromatic rings. The van der Waals surface area contributed by atoms with E-state index in [2.05, 4.69) is 9.05 Å². The average Bonchev–Trinajstić information content (AvgIpc) is 1.65. The predicted octanol–water partition coefficient (Wildman–Crippen LogP) is -2.03. The summed E-state index contributed by atoms with van der Waals surface area (Å²) in [6.07, 6.45) is 0. The Kier molecular flexibility index (Phi) is 9.03. The van der Waals surface area contributed by atoms with Crippen LogP contribution in [0.15, 0.2) is 0 Å². The van der Waals surface area contributed by atoms with Gasteiger partial charge in [0.2, 0.25) is 0 Å². The summed E-state index contributed by atoms with van der Waals surface area (Å²) < 4.78 is 18.3. The summed E-state index contributed by atoms with van der Waals surface area (Å²) in [6.45, 7) is 1.16. The fourth-order valence-corrected chi connectivity index (χ4v) is 0.427. The third kappa shape index (κ3) is 8.53. The van der Waals surface area contributed by atoms with E-state index < -0.39 is 14.2 Å². The molecule has 0 aromatic heterocycles. The van der Waals surface area contributed by atoms with Crippen molar-refractivity contribution in [3.63, 3.8) is 0 Å². The maximum atomic E-state index is 10.1. The molecular formula is C3H7NaO4P+. The minimum absolute atomic E-state index is 0. The van der Waals surface area contributed by atoms with Gasteiger partial charge in [0, 0.05) is 11.5 Å². The van der Waals surface area contributed by atoms with Crippen LogP contribution < -0.4 is 29.6 Å². The predicted molar refractivity (Wildman–Crippen MR) is 27.5 cm³/mol. The van der Waals surface area contributed by atoms with E-state index in [1.165, 1.54) is 7.11 Å². The van der Waals surface area contributed by atoms with Crippen molar-refractivity contribution in [2.24, 2.45) is 0 Å². The molecule has 0 aliphatic carbocycles. The second-order valence-corrected chi connectivity index (χ2v) is 1.98. The van der Waals surface area contributed by atoms with Gasteiger partial charge in [0.1, 0.15) is 0 Å². The fraction of sp³-hybridized carbons (Fsp3) is 0.667. The maximum absolute atomic E-state index is 10.1. The van der Waals surface area contributed by atoms with Gasteiger partial charge in [0.25, 0.3) is 0 Å². The van der Waals surface area contributed by atoms with Gasteiger partial charge in [-0.05, 0) is 0 Å². The van der Waals surface area contributed by atoms with E-state index in [4.69, 9.17) is 0 Å². The van der Waals surface area contributed by atoms with Gasteiger partial charge in [-0.3, -0.25) is 0 Å². The number of rotatable bonds is 2. The van der Waals surface area contributed by atoms with Crippen molar-refractivity contribution in [2.45, 2.75) is 6.92 Å². The van der Waals surface area contributed by atoms with Gasteiger partial charge in [-0.1, -0.05) is 0 Å². The molecule has 6 heteroatoms. The van der Waals surface area contributed by atoms with Crippen LogP contribution in [0.5, 0.6) is 0 Å². The minimum atomic E-state index is -2.22. The maximum Gasteiger partial charge on any atom is 1.00 e. The number of hydrogen-bond donors (Lipinski definition) is 0. The summed E-state index contributed by atoms with van der Waals surface area (Å²) in [5.41, 5.74) is 0. The molecule has 1 unspecified atom stereocenters. The quantitative estimate of drug-likeness (QED) is 0.346. The molecule has 0 fully saturated rings. The van der Waals surface area contributed by atoms with Gasteiger partial charge >= 0.3 is 43.8 Å². The Balaban J connectivity index is -0.000000245. The molecule has 0 bridgehead atoms. The Bertz CT molecular complexity index is 119. The molecule has 0 saturated heterocycles. The van der Waals surface area contributed by atoms with Crippen molar-refractivity contribution in [3.8, 4) is 0 Å². The molecular weight excluding hydrogens is 154 g/mol. The zero-order valence-electron chi connectivity index (χ0n) is 6.58. The molecule has 0 heterocycles. The third-order valence-corrected chi connectivity index (χ3v) is 1.06. The number of hydrogen-bond acceptors (Lipinski definition) is 4. The summed E-state index contributed by atoms with van der Waals surface area (Å²) in [6, 6.07) is 0. The molecule has 48 valence electrons. The molecule has 0 aliphatic rings. The van der Waals surface area contributed by atoms with Crippen molar-refractivity contribution in [2.75, 3.05) is 7.11 Å². The Morgan fingerprint density at radius 1 is 1.67 bits per heavy atom. The van der Waals surface area contributed by atoms with Gasteiger partial charge in [-0.25, -0.2) is 4.79 Å². The SMILES string of the molecule is CO[P+](=O)OC(C)=O.[H-].[Na+]. The van der Waals surface area contributed by atoms with Crippen LogP contribution in [0.4, 0.5) is 0 Å². The van der Waals surface area contributed by atoms with Crippen molar-refractivity contribution in [3.05, 3.63) is 0 Å². The van der Waals surface area contributed by atoms with E-state index >= 15 is 0 Å². The summed E-state index contributed by atoms with van der Waals surface area (Å²) in [5.74, 6) is -0.604. The van der Waals surface area contributed by atoms with Gasteiger partial charge < -0.3 is 1.43 Å². The first-order valence-electron chi connectivity index (χ1n) is 1.86. The molecule has 4 nitrogen and oxygen atoms in total. The minimum Gasteiger partial charge on any atom is -1.00 e. The molecule has 0 aromatic carbocycles. The van der Waals surface area contributed by atoms with Crippen LogP contribution in [0.3, 0.4) is 0 Å². The van der Waals surface area contributed by atoms with E-state index in [1.54, 1.807) is 0 Å². The van der Waals surface area contributed by atoms with E-state index in [0.29, 0.717) is 0 Å². The zero-order chi connectivity index (χ0) is 6.57. The van der Waals surface area contributed by atoms with Gasteiger partial charge in [0.15, 0.2) is 0 Å². The number of carbonyl (C=O) groups is 1. The van der Waals surface area contributed by atoms with Crippen molar-refractivity contribution in [1.29, 1.82) is 0 Å². The van der Waals surface area contributed by atoms with Crippen LogP contribution in [-0.4, -0.2) is 13.1 Å². The van der Waals surface area contributed by atoms with E-state index in [1.807, 2.05) is 0 Å². The smallest absolute Gasteiger partial charge is 1.00 e. The van der Waals surface area contributed by atoms with Gasteiger partial charge in [-0.15, -0.1) is 4.52 Å². The van der Waals surface area contributed by atoms with Crippen LogP contribution in [0.2, 0.25) is 0 Å². The normalized spacial score (nSPS) is 9.33. The Labute approximate surface area is 77.6 Å². The van der Waals surface area contributed by atoms with Crippen molar-refractivity contribution < 1.29 is 49.4 Å². The standard InChI is InChI=1S/C3H6O4P.Na.H/c1-3(4)7-8(5)6-2;;/h1-2H3;;/q2*+1;-1. The molecule has 0 amide bonds. The summed E-state index contributed by atoms with van der Waals surface area (Å²) in [7, 11) is -1.02. The van der Waals surface area contributed by atoms with Crippen molar-refractivity contribution in [1.82, 2.24) is 0 Å². The second-order valence-electron chi connectivity index (χ2n) is 0.989. The molecule has 0 spiro atoms. The molecule has 1 atom stereocenters. The fourth-order valence-electron chi connectivity index (χ4n) is 0.142. The van der Waals surface area contributed by atoms with Crippen molar-refractivity contribution >= 4 is 14.2 Å². The first-order chi connectivity index (χ1) is 3.66. The monoisotopic (exact) mass is 161 g/mol. The Morgan fingerprint density at radius 3 is 2.22 bits per heavy atom. The molecule has 9 heavy (non-hydrogen) atoms. The van der Waals surface area contributed by atoms with E-state index in [-0.39, 0.29) is 31.0 Å². The van der Waals surface area contributed by atoms with Crippen LogP contribution in [-0.2, 0) is 18.4 Å². The zero-order valence-corrected chi connectivity index (χ0v) is 8.47. The van der Waals surface area contributed by atoms with Crippen LogP contribution in [0.25, 0.3) is 0 Å². The first kappa shape index (κ1) is 12.2. The Hall–Kier alpha value is 0.530. The molecule has 0 aliphatic heterocycles. The summed E-state index contributed by atoms with van der Waals surface area (Å²) >= 11 is 0. The number of carbonyl (C=O) groups excluding carboxylic acids is 1. The van der Waals surface area contributed by atoms with E-state index in [0.717, 1.165) is 6.92 Å². The Morgan fingerprint density at radius 2 is 2.11 bits per heavy atom. The third-order valence-electron chi connectivity index (χ3n) is 0.352. The van der Waals surface area contributed by atoms with E-state index in [9.17, 15) is 9.36 Å². The molecule has 0 saturated carbocycles. The largest absolute Gasteiger partial charge is 1.00 e.